The Morgan fingerprint density at radius 2 is 1.44 bits per heavy atom. The lowest BCUT2D eigenvalue weighted by molar-refractivity contribution is -0.143. The van der Waals surface area contributed by atoms with Crippen LogP contribution in [0.2, 0.25) is 0 Å². The van der Waals surface area contributed by atoms with Crippen LogP contribution in [0.15, 0.2) is 30.3 Å². The van der Waals surface area contributed by atoms with E-state index >= 15 is 0 Å². The Labute approximate surface area is 203 Å². The number of carboxylic acids is 2. The van der Waals surface area contributed by atoms with Gasteiger partial charge in [-0.15, -0.1) is 0 Å². The standard InChI is InChI=1S/C22H32N4O7S/c1-3-12(2)18(23)21(31)26-16(11-34)20(30)24-14(10-17(27)28)19(29)25-15(22(32)33)9-13-7-5-4-6-8-13/h4-8,12,14-16,18,34H,3,9-11,23H2,1-2H3,(H,24,30)(H,25,29)(H,26,31)(H,27,28)(H,32,33). The van der Waals surface area contributed by atoms with E-state index in [2.05, 4.69) is 28.6 Å². The average Bonchev–Trinajstić information content (AvgIpc) is 2.80. The van der Waals surface area contributed by atoms with E-state index < -0.39 is 60.2 Å². The van der Waals surface area contributed by atoms with Crippen LogP contribution in [-0.4, -0.2) is 69.8 Å². The number of carboxylic acid groups (broad SMARTS) is 2. The van der Waals surface area contributed by atoms with E-state index in [4.69, 9.17) is 5.73 Å². The van der Waals surface area contributed by atoms with Crippen molar-refractivity contribution in [1.29, 1.82) is 0 Å². The summed E-state index contributed by atoms with van der Waals surface area (Å²) in [6.45, 7) is 3.64. The maximum absolute atomic E-state index is 12.7. The molecule has 1 aromatic carbocycles. The highest BCUT2D eigenvalue weighted by Gasteiger charge is 2.31. The lowest BCUT2D eigenvalue weighted by Crippen LogP contribution is -2.58. The molecule has 11 nitrogen and oxygen atoms in total. The zero-order valence-electron chi connectivity index (χ0n) is 19.1. The van der Waals surface area contributed by atoms with Gasteiger partial charge in [-0.3, -0.25) is 19.2 Å². The summed E-state index contributed by atoms with van der Waals surface area (Å²) >= 11 is 4.04. The van der Waals surface area contributed by atoms with Gasteiger partial charge in [0.25, 0.3) is 0 Å². The summed E-state index contributed by atoms with van der Waals surface area (Å²) in [5.41, 5.74) is 6.51. The number of benzene rings is 1. The molecular weight excluding hydrogens is 464 g/mol. The van der Waals surface area contributed by atoms with Crippen molar-refractivity contribution in [1.82, 2.24) is 16.0 Å². The third-order valence-electron chi connectivity index (χ3n) is 5.28. The Morgan fingerprint density at radius 1 is 0.912 bits per heavy atom. The minimum absolute atomic E-state index is 0.0432. The predicted molar refractivity (Wildman–Crippen MR) is 127 cm³/mol. The van der Waals surface area contributed by atoms with Gasteiger partial charge in [0.05, 0.1) is 12.5 Å². The fraction of sp³-hybridized carbons (Fsp3) is 0.500. The average molecular weight is 497 g/mol. The molecule has 0 spiro atoms. The van der Waals surface area contributed by atoms with Crippen molar-refractivity contribution in [3.05, 3.63) is 35.9 Å². The SMILES string of the molecule is CCC(C)C(N)C(=O)NC(CS)C(=O)NC(CC(=O)O)C(=O)NC(Cc1ccccc1)C(=O)O. The number of carbonyl (C=O) groups excluding carboxylic acids is 3. The Morgan fingerprint density at radius 3 is 1.94 bits per heavy atom. The normalized spacial score (nSPS) is 15.2. The quantitative estimate of drug-likeness (QED) is 0.169. The van der Waals surface area contributed by atoms with E-state index in [9.17, 15) is 34.2 Å². The van der Waals surface area contributed by atoms with E-state index in [0.717, 1.165) is 0 Å². The number of rotatable bonds is 14. The Bertz CT molecular complexity index is 868. The van der Waals surface area contributed by atoms with Gasteiger partial charge < -0.3 is 31.9 Å². The molecule has 12 heteroatoms. The number of amides is 3. The van der Waals surface area contributed by atoms with Crippen molar-refractivity contribution in [2.24, 2.45) is 11.7 Å². The first kappa shape index (κ1) is 28.9. The third kappa shape index (κ3) is 9.40. The van der Waals surface area contributed by atoms with E-state index in [1.165, 1.54) is 0 Å². The highest BCUT2D eigenvalue weighted by atomic mass is 32.1. The molecule has 0 radical (unpaired) electrons. The van der Waals surface area contributed by atoms with Crippen LogP contribution in [0, 0.1) is 5.92 Å². The summed E-state index contributed by atoms with van der Waals surface area (Å²) in [6, 6.07) is 3.56. The number of hydrogen-bond acceptors (Lipinski definition) is 7. The zero-order chi connectivity index (χ0) is 25.8. The van der Waals surface area contributed by atoms with Crippen LogP contribution < -0.4 is 21.7 Å². The number of thiol groups is 1. The molecule has 0 aliphatic heterocycles. The number of carbonyl (C=O) groups is 5. The van der Waals surface area contributed by atoms with Crippen molar-refractivity contribution in [3.63, 3.8) is 0 Å². The van der Waals surface area contributed by atoms with Crippen LogP contribution in [-0.2, 0) is 30.4 Å². The van der Waals surface area contributed by atoms with Gasteiger partial charge in [0.1, 0.15) is 18.1 Å². The molecule has 0 fully saturated rings. The second-order valence-corrected chi connectivity index (χ2v) is 8.27. The molecule has 0 saturated carbocycles. The molecule has 0 saturated heterocycles. The summed E-state index contributed by atoms with van der Waals surface area (Å²) in [4.78, 5) is 60.6. The van der Waals surface area contributed by atoms with Gasteiger partial charge in [-0.25, -0.2) is 4.79 Å². The number of aliphatic carboxylic acids is 2. The van der Waals surface area contributed by atoms with Gasteiger partial charge in [-0.1, -0.05) is 50.6 Å². The molecule has 5 unspecified atom stereocenters. The second-order valence-electron chi connectivity index (χ2n) is 7.90. The molecular formula is C22H32N4O7S. The lowest BCUT2D eigenvalue weighted by Gasteiger charge is -2.25. The highest BCUT2D eigenvalue weighted by Crippen LogP contribution is 2.07. The molecule has 1 rings (SSSR count). The molecule has 5 atom stereocenters. The minimum atomic E-state index is -1.58. The van der Waals surface area contributed by atoms with E-state index in [0.29, 0.717) is 12.0 Å². The van der Waals surface area contributed by atoms with Crippen LogP contribution in [0.1, 0.15) is 32.3 Å². The van der Waals surface area contributed by atoms with Crippen molar-refractivity contribution in [2.45, 2.75) is 57.3 Å². The Hall–Kier alpha value is -3.12. The first-order chi connectivity index (χ1) is 16.0. The molecule has 0 aliphatic carbocycles. The molecule has 1 aromatic rings. The number of hydrogen-bond donors (Lipinski definition) is 7. The minimum Gasteiger partial charge on any atom is -0.481 e. The van der Waals surface area contributed by atoms with Gasteiger partial charge >= 0.3 is 11.9 Å². The van der Waals surface area contributed by atoms with Crippen molar-refractivity contribution in [2.75, 3.05) is 5.75 Å². The van der Waals surface area contributed by atoms with Gasteiger partial charge in [0.15, 0.2) is 0 Å². The smallest absolute Gasteiger partial charge is 0.326 e. The summed E-state index contributed by atoms with van der Waals surface area (Å²) in [7, 11) is 0. The fourth-order valence-electron chi connectivity index (χ4n) is 2.95. The lowest BCUT2D eigenvalue weighted by atomic mass is 9.99. The molecule has 188 valence electrons. The van der Waals surface area contributed by atoms with Crippen LogP contribution in [0.5, 0.6) is 0 Å². The molecule has 34 heavy (non-hydrogen) atoms. The summed E-state index contributed by atoms with van der Waals surface area (Å²) in [6.07, 6.45) is -0.200. The predicted octanol–water partition coefficient (Wildman–Crippen LogP) is -0.454. The maximum Gasteiger partial charge on any atom is 0.326 e. The largest absolute Gasteiger partial charge is 0.481 e. The van der Waals surface area contributed by atoms with E-state index in [-0.39, 0.29) is 18.1 Å². The van der Waals surface area contributed by atoms with Crippen LogP contribution in [0.3, 0.4) is 0 Å². The van der Waals surface area contributed by atoms with Gasteiger partial charge in [-0.2, -0.15) is 12.6 Å². The summed E-state index contributed by atoms with van der Waals surface area (Å²) in [5, 5.41) is 25.6. The maximum atomic E-state index is 12.7. The van der Waals surface area contributed by atoms with Crippen molar-refractivity contribution >= 4 is 42.3 Å². The van der Waals surface area contributed by atoms with Crippen LogP contribution in [0.25, 0.3) is 0 Å². The molecule has 0 heterocycles. The zero-order valence-corrected chi connectivity index (χ0v) is 20.0. The fourth-order valence-corrected chi connectivity index (χ4v) is 3.21. The van der Waals surface area contributed by atoms with Gasteiger partial charge in [0, 0.05) is 12.2 Å². The summed E-state index contributed by atoms with van der Waals surface area (Å²) < 4.78 is 0. The molecule has 0 aliphatic rings. The first-order valence-corrected chi connectivity index (χ1v) is 11.4. The molecule has 0 bridgehead atoms. The topological polar surface area (TPSA) is 188 Å². The van der Waals surface area contributed by atoms with Crippen LogP contribution in [0.4, 0.5) is 0 Å². The van der Waals surface area contributed by atoms with Gasteiger partial charge in [-0.05, 0) is 11.5 Å². The van der Waals surface area contributed by atoms with Gasteiger partial charge in [0.2, 0.25) is 17.7 Å². The Kier molecular flexibility index (Phi) is 12.1. The van der Waals surface area contributed by atoms with Crippen molar-refractivity contribution < 1.29 is 34.2 Å². The number of nitrogens with one attached hydrogen (secondary N) is 3. The van der Waals surface area contributed by atoms with E-state index in [1.807, 2.05) is 6.92 Å². The second kappa shape index (κ2) is 14.2. The van der Waals surface area contributed by atoms with Crippen molar-refractivity contribution in [3.8, 4) is 0 Å². The van der Waals surface area contributed by atoms with E-state index in [1.54, 1.807) is 37.3 Å². The molecule has 3 amide bonds. The summed E-state index contributed by atoms with van der Waals surface area (Å²) in [5.74, 6) is -5.42. The monoisotopic (exact) mass is 496 g/mol. The Balaban J connectivity index is 2.92. The third-order valence-corrected chi connectivity index (χ3v) is 5.65. The van der Waals surface area contributed by atoms with Crippen LogP contribution >= 0.6 is 12.6 Å². The molecule has 7 N–H and O–H groups in total. The number of nitrogens with two attached hydrogens (primary N) is 1. The first-order valence-electron chi connectivity index (χ1n) is 10.8. The highest BCUT2D eigenvalue weighted by molar-refractivity contribution is 7.80. The molecule has 0 aromatic heterocycles.